The first-order chi connectivity index (χ1) is 18.2. The van der Waals surface area contributed by atoms with Crippen LogP contribution < -0.4 is 0 Å². The Morgan fingerprint density at radius 2 is 1.85 bits per heavy atom. The molecule has 5 atom stereocenters. The predicted molar refractivity (Wildman–Crippen MR) is 151 cm³/mol. The standard InChI is InChI=1S/C31H50N2O6/c1-9-17-33(29(7,8)21-28(4,5)6)26(36)24-31-16-15-30(11-3,39-31)23(27(37)38-20-10-2)22(31)25(35)32(24)18-13-12-14-19-34/h9-10,22-24,34H,1-2,11-21H2,3-8H3/t22-,23+,24?,30-,31?/m0/s1. The number of aliphatic hydroxyl groups is 1. The van der Waals surface area contributed by atoms with Crippen molar-refractivity contribution in [3.8, 4) is 0 Å². The van der Waals surface area contributed by atoms with Gasteiger partial charge in [0.2, 0.25) is 11.8 Å². The molecule has 3 aliphatic heterocycles. The minimum atomic E-state index is -1.09. The van der Waals surface area contributed by atoms with E-state index in [1.54, 1.807) is 11.0 Å². The number of fused-ring (bicyclic) bond motifs is 1. The van der Waals surface area contributed by atoms with Crippen LogP contribution in [0.2, 0.25) is 0 Å². The van der Waals surface area contributed by atoms with Crippen molar-refractivity contribution in [2.45, 2.75) is 109 Å². The normalized spacial score (nSPS) is 29.9. The highest BCUT2D eigenvalue weighted by molar-refractivity contribution is 5.98. The molecule has 1 N–H and O–H groups in total. The molecule has 1 spiro atoms. The largest absolute Gasteiger partial charge is 0.461 e. The van der Waals surface area contributed by atoms with Crippen LogP contribution in [0.5, 0.6) is 0 Å². The molecule has 220 valence electrons. The number of likely N-dealkylation sites (tertiary alicyclic amines) is 1. The fraction of sp³-hybridized carbons (Fsp3) is 0.774. The number of nitrogens with zero attached hydrogens (tertiary/aromatic N) is 2. The van der Waals surface area contributed by atoms with Crippen LogP contribution in [0.25, 0.3) is 0 Å². The third-order valence-electron chi connectivity index (χ3n) is 8.84. The molecule has 2 unspecified atom stereocenters. The molecule has 0 radical (unpaired) electrons. The molecule has 3 rings (SSSR count). The molecule has 0 aliphatic carbocycles. The van der Waals surface area contributed by atoms with Crippen molar-refractivity contribution in [3.05, 3.63) is 25.3 Å². The number of carbonyl (C=O) groups excluding carboxylic acids is 3. The number of amides is 2. The van der Waals surface area contributed by atoms with Gasteiger partial charge in [-0.25, -0.2) is 0 Å². The molecule has 0 saturated carbocycles. The lowest BCUT2D eigenvalue weighted by atomic mass is 9.65. The molecule has 3 saturated heterocycles. The molecular weight excluding hydrogens is 496 g/mol. The molecule has 2 bridgehead atoms. The van der Waals surface area contributed by atoms with Gasteiger partial charge in [-0.05, 0) is 64.2 Å². The molecular formula is C31H50N2O6. The summed E-state index contributed by atoms with van der Waals surface area (Å²) in [5.41, 5.74) is -2.46. The minimum Gasteiger partial charge on any atom is -0.461 e. The summed E-state index contributed by atoms with van der Waals surface area (Å²) in [6.07, 6.45) is 7.69. The van der Waals surface area contributed by atoms with Crippen LogP contribution in [-0.4, -0.2) is 81.8 Å². The van der Waals surface area contributed by atoms with Gasteiger partial charge >= 0.3 is 5.97 Å². The van der Waals surface area contributed by atoms with Gasteiger partial charge in [0.1, 0.15) is 24.2 Å². The second kappa shape index (κ2) is 11.7. The van der Waals surface area contributed by atoms with Crippen molar-refractivity contribution < 1.29 is 29.0 Å². The topological polar surface area (TPSA) is 96.4 Å². The van der Waals surface area contributed by atoms with Gasteiger partial charge in [-0.2, -0.15) is 0 Å². The van der Waals surface area contributed by atoms with Crippen LogP contribution in [0.3, 0.4) is 0 Å². The molecule has 0 aromatic rings. The van der Waals surface area contributed by atoms with Crippen molar-refractivity contribution in [3.63, 3.8) is 0 Å². The first-order valence-corrected chi connectivity index (χ1v) is 14.6. The number of hydrogen-bond donors (Lipinski definition) is 1. The zero-order chi connectivity index (χ0) is 29.2. The summed E-state index contributed by atoms with van der Waals surface area (Å²) in [5.74, 6) is -2.36. The molecule has 8 nitrogen and oxygen atoms in total. The first kappa shape index (κ1) is 31.3. The van der Waals surface area contributed by atoms with E-state index in [4.69, 9.17) is 9.47 Å². The number of ether oxygens (including phenoxy) is 2. The summed E-state index contributed by atoms with van der Waals surface area (Å²) in [5, 5.41) is 9.27. The molecule has 3 aliphatic rings. The maximum Gasteiger partial charge on any atom is 0.313 e. The summed E-state index contributed by atoms with van der Waals surface area (Å²) in [6, 6.07) is -0.839. The van der Waals surface area contributed by atoms with E-state index in [0.717, 1.165) is 12.8 Å². The lowest BCUT2D eigenvalue weighted by Crippen LogP contribution is -2.61. The van der Waals surface area contributed by atoms with Gasteiger partial charge in [-0.3, -0.25) is 14.4 Å². The van der Waals surface area contributed by atoms with Crippen molar-refractivity contribution in [1.29, 1.82) is 0 Å². The quantitative estimate of drug-likeness (QED) is 0.199. The summed E-state index contributed by atoms with van der Waals surface area (Å²) in [4.78, 5) is 45.9. The van der Waals surface area contributed by atoms with Crippen molar-refractivity contribution in [1.82, 2.24) is 9.80 Å². The van der Waals surface area contributed by atoms with E-state index in [1.807, 2.05) is 11.8 Å². The predicted octanol–water partition coefficient (Wildman–Crippen LogP) is 4.26. The second-order valence-corrected chi connectivity index (χ2v) is 13.4. The van der Waals surface area contributed by atoms with E-state index in [-0.39, 0.29) is 30.4 Å². The molecule has 3 fully saturated rings. The molecule has 3 heterocycles. The Hall–Kier alpha value is -2.19. The fourth-order valence-corrected chi connectivity index (χ4v) is 7.70. The van der Waals surface area contributed by atoms with Crippen LogP contribution in [0, 0.1) is 17.3 Å². The van der Waals surface area contributed by atoms with E-state index in [9.17, 15) is 19.5 Å². The molecule has 2 amide bonds. The highest BCUT2D eigenvalue weighted by atomic mass is 16.6. The van der Waals surface area contributed by atoms with Gasteiger partial charge in [0.15, 0.2) is 0 Å². The van der Waals surface area contributed by atoms with Gasteiger partial charge in [-0.15, -0.1) is 6.58 Å². The summed E-state index contributed by atoms with van der Waals surface area (Å²) < 4.78 is 12.3. The Morgan fingerprint density at radius 1 is 1.15 bits per heavy atom. The van der Waals surface area contributed by atoms with E-state index in [2.05, 4.69) is 47.8 Å². The van der Waals surface area contributed by atoms with Crippen LogP contribution in [0.1, 0.15) is 86.5 Å². The maximum atomic E-state index is 14.7. The molecule has 0 aromatic carbocycles. The minimum absolute atomic E-state index is 0.0336. The van der Waals surface area contributed by atoms with Crippen molar-refractivity contribution >= 4 is 17.8 Å². The first-order valence-electron chi connectivity index (χ1n) is 14.6. The highest BCUT2D eigenvalue weighted by Gasteiger charge is 2.79. The monoisotopic (exact) mass is 546 g/mol. The van der Waals surface area contributed by atoms with Gasteiger partial charge in [0.05, 0.1) is 11.5 Å². The lowest BCUT2D eigenvalue weighted by molar-refractivity contribution is -0.162. The molecule has 8 heteroatoms. The number of carbonyl (C=O) groups is 3. The SMILES string of the molecule is C=CCOC(=O)[C@H]1[C@H]2C(=O)N(CCCCCO)C(C(=O)N(CC=C)C(C)(C)CC(C)(C)C)C23CC[C@]1(CC)O3. The number of esters is 1. The molecule has 39 heavy (non-hydrogen) atoms. The maximum absolute atomic E-state index is 14.7. The van der Waals surface area contributed by atoms with Crippen LogP contribution in [0.15, 0.2) is 25.3 Å². The Labute approximate surface area is 234 Å². The number of aliphatic hydroxyl groups excluding tert-OH is 1. The third kappa shape index (κ3) is 5.69. The van der Waals surface area contributed by atoms with Crippen LogP contribution in [0.4, 0.5) is 0 Å². The smallest absolute Gasteiger partial charge is 0.313 e. The third-order valence-corrected chi connectivity index (χ3v) is 8.84. The Bertz CT molecular complexity index is 955. The number of hydrogen-bond acceptors (Lipinski definition) is 6. The van der Waals surface area contributed by atoms with Gasteiger partial charge in [0.25, 0.3) is 0 Å². The zero-order valence-corrected chi connectivity index (χ0v) is 25.0. The number of unbranched alkanes of at least 4 members (excludes halogenated alkanes) is 2. The van der Waals surface area contributed by atoms with Crippen molar-refractivity contribution in [2.24, 2.45) is 17.3 Å². The number of rotatable bonds is 14. The Balaban J connectivity index is 2.09. The summed E-state index contributed by atoms with van der Waals surface area (Å²) >= 11 is 0. The fourth-order valence-electron chi connectivity index (χ4n) is 7.70. The van der Waals surface area contributed by atoms with Crippen molar-refractivity contribution in [2.75, 3.05) is 26.3 Å². The van der Waals surface area contributed by atoms with Gasteiger partial charge in [0, 0.05) is 25.2 Å². The average molecular weight is 547 g/mol. The van der Waals surface area contributed by atoms with E-state index in [0.29, 0.717) is 45.2 Å². The average Bonchev–Trinajstić information content (AvgIpc) is 3.45. The van der Waals surface area contributed by atoms with E-state index >= 15 is 0 Å². The van der Waals surface area contributed by atoms with Crippen LogP contribution >= 0.6 is 0 Å². The Morgan fingerprint density at radius 3 is 2.41 bits per heavy atom. The summed E-state index contributed by atoms with van der Waals surface area (Å²) in [6.45, 7) is 21.0. The highest BCUT2D eigenvalue weighted by Crippen LogP contribution is 2.64. The molecule has 0 aromatic heterocycles. The van der Waals surface area contributed by atoms with Gasteiger partial charge < -0.3 is 24.4 Å². The lowest BCUT2D eigenvalue weighted by Gasteiger charge is -2.45. The second-order valence-electron chi connectivity index (χ2n) is 13.4. The van der Waals surface area contributed by atoms with E-state index < -0.39 is 40.6 Å². The summed E-state index contributed by atoms with van der Waals surface area (Å²) in [7, 11) is 0. The van der Waals surface area contributed by atoms with E-state index in [1.165, 1.54) is 6.08 Å². The van der Waals surface area contributed by atoms with Gasteiger partial charge in [-0.1, -0.05) is 46.4 Å². The van der Waals surface area contributed by atoms with Crippen LogP contribution in [-0.2, 0) is 23.9 Å². The Kier molecular flexibility index (Phi) is 9.43. The zero-order valence-electron chi connectivity index (χ0n) is 25.0.